The maximum Gasteiger partial charge on any atom is 0.419 e. The zero-order chi connectivity index (χ0) is 25.3. The van der Waals surface area contributed by atoms with Crippen LogP contribution in [-0.2, 0) is 16.1 Å². The normalized spacial score (nSPS) is 23.9. The zero-order valence-electron chi connectivity index (χ0n) is 21.8. The van der Waals surface area contributed by atoms with Crippen LogP contribution in [0.25, 0.3) is 10.9 Å². The average Bonchev–Trinajstić information content (AvgIpc) is 3.26. The van der Waals surface area contributed by atoms with Crippen LogP contribution in [-0.4, -0.2) is 51.9 Å². The van der Waals surface area contributed by atoms with E-state index in [0.29, 0.717) is 12.0 Å². The summed E-state index contributed by atoms with van der Waals surface area (Å²) in [5.41, 5.74) is 2.36. The lowest BCUT2D eigenvalue weighted by molar-refractivity contribution is -0.143. The first-order valence-electron chi connectivity index (χ1n) is 13.0. The van der Waals surface area contributed by atoms with E-state index in [2.05, 4.69) is 4.90 Å². The van der Waals surface area contributed by atoms with E-state index in [9.17, 15) is 14.7 Å². The second-order valence-corrected chi connectivity index (χ2v) is 11.3. The number of carbonyl (C=O) groups is 2. The van der Waals surface area contributed by atoms with Crippen LogP contribution in [0.3, 0.4) is 0 Å². The lowest BCUT2D eigenvalue weighted by Crippen LogP contribution is -2.45. The van der Waals surface area contributed by atoms with Crippen molar-refractivity contribution in [1.29, 1.82) is 0 Å². The molecule has 1 saturated heterocycles. The molecule has 1 atom stereocenters. The first kappa shape index (κ1) is 25.5. The summed E-state index contributed by atoms with van der Waals surface area (Å²) in [6.07, 6.45) is 8.47. The minimum Gasteiger partial charge on any atom is -0.496 e. The molecular weight excluding hydrogens is 444 g/mol. The highest BCUT2D eigenvalue weighted by Crippen LogP contribution is 2.39. The van der Waals surface area contributed by atoms with E-state index < -0.39 is 11.6 Å². The van der Waals surface area contributed by atoms with Gasteiger partial charge in [-0.1, -0.05) is 6.42 Å². The molecule has 192 valence electrons. The van der Waals surface area contributed by atoms with Crippen LogP contribution >= 0.6 is 0 Å². The number of nitrogens with zero attached hydrogens (tertiary/aromatic N) is 2. The van der Waals surface area contributed by atoms with Gasteiger partial charge in [-0.2, -0.15) is 0 Å². The predicted octanol–water partition coefficient (Wildman–Crippen LogP) is 5.99. The molecule has 7 heteroatoms. The number of hydrogen-bond donors (Lipinski definition) is 1. The van der Waals surface area contributed by atoms with Gasteiger partial charge < -0.3 is 14.6 Å². The predicted molar refractivity (Wildman–Crippen MR) is 136 cm³/mol. The Morgan fingerprint density at radius 1 is 1.11 bits per heavy atom. The van der Waals surface area contributed by atoms with Crippen LogP contribution in [0.2, 0.25) is 0 Å². The second-order valence-electron chi connectivity index (χ2n) is 11.3. The Bertz CT molecular complexity index is 1080. The second kappa shape index (κ2) is 10.2. The zero-order valence-corrected chi connectivity index (χ0v) is 21.8. The fourth-order valence-corrected chi connectivity index (χ4v) is 6.07. The molecule has 2 fully saturated rings. The number of aryl methyl sites for hydroxylation is 1. The Hall–Kier alpha value is -2.54. The lowest BCUT2D eigenvalue weighted by atomic mass is 9.76. The maximum absolute atomic E-state index is 12.9. The highest BCUT2D eigenvalue weighted by molar-refractivity contribution is 5.95. The maximum atomic E-state index is 12.9. The molecule has 0 bridgehead atoms. The third-order valence-corrected chi connectivity index (χ3v) is 7.73. The molecule has 0 amide bonds. The van der Waals surface area contributed by atoms with Crippen molar-refractivity contribution >= 4 is 23.0 Å². The first-order valence-corrected chi connectivity index (χ1v) is 13.0. The van der Waals surface area contributed by atoms with Crippen molar-refractivity contribution in [2.24, 2.45) is 11.8 Å². The fraction of sp³-hybridized carbons (Fsp3) is 0.643. The van der Waals surface area contributed by atoms with Gasteiger partial charge in [-0.05, 0) is 96.4 Å². The van der Waals surface area contributed by atoms with Crippen molar-refractivity contribution in [3.05, 3.63) is 29.5 Å². The number of rotatable bonds is 5. The number of carboxylic acids is 1. The van der Waals surface area contributed by atoms with Gasteiger partial charge >= 0.3 is 12.1 Å². The molecule has 1 aliphatic heterocycles. The summed E-state index contributed by atoms with van der Waals surface area (Å²) >= 11 is 0. The van der Waals surface area contributed by atoms with Gasteiger partial charge in [-0.15, -0.1) is 0 Å². The largest absolute Gasteiger partial charge is 0.496 e. The van der Waals surface area contributed by atoms with Crippen molar-refractivity contribution in [2.45, 2.75) is 90.8 Å². The number of aliphatic carboxylic acids is 1. The molecule has 2 aliphatic rings. The van der Waals surface area contributed by atoms with Crippen LogP contribution < -0.4 is 4.74 Å². The number of aromatic nitrogens is 1. The molecule has 7 nitrogen and oxygen atoms in total. The number of fused-ring (bicyclic) bond motifs is 1. The van der Waals surface area contributed by atoms with E-state index in [1.54, 1.807) is 17.9 Å². The summed E-state index contributed by atoms with van der Waals surface area (Å²) in [6, 6.07) is 4.48. The molecule has 0 radical (unpaired) electrons. The fourth-order valence-electron chi connectivity index (χ4n) is 6.07. The van der Waals surface area contributed by atoms with E-state index in [-0.39, 0.29) is 12.0 Å². The molecule has 1 aromatic carbocycles. The molecule has 1 aliphatic carbocycles. The highest BCUT2D eigenvalue weighted by Gasteiger charge is 2.35. The summed E-state index contributed by atoms with van der Waals surface area (Å²) in [5, 5.41) is 10.4. The monoisotopic (exact) mass is 484 g/mol. The van der Waals surface area contributed by atoms with Gasteiger partial charge in [0.1, 0.15) is 11.4 Å². The van der Waals surface area contributed by atoms with Crippen LogP contribution in [0.1, 0.15) is 76.8 Å². The number of likely N-dealkylation sites (tertiary alicyclic amines) is 1. The van der Waals surface area contributed by atoms with Crippen molar-refractivity contribution in [3.8, 4) is 5.75 Å². The first-order chi connectivity index (χ1) is 16.6. The Kier molecular flexibility index (Phi) is 7.46. The number of piperidine rings is 1. The van der Waals surface area contributed by atoms with Crippen molar-refractivity contribution in [1.82, 2.24) is 9.47 Å². The van der Waals surface area contributed by atoms with Gasteiger partial charge in [0.15, 0.2) is 0 Å². The molecular formula is C28H40N2O5. The molecule has 2 aromatic rings. The summed E-state index contributed by atoms with van der Waals surface area (Å²) in [5.74, 6) is 0.540. The molecule has 4 rings (SSSR count). The third kappa shape index (κ3) is 5.50. The summed E-state index contributed by atoms with van der Waals surface area (Å²) in [7, 11) is 1.70. The number of methoxy groups -OCH3 is 1. The van der Waals surface area contributed by atoms with E-state index in [1.807, 2.05) is 39.8 Å². The van der Waals surface area contributed by atoms with Gasteiger partial charge in [0.2, 0.25) is 0 Å². The molecule has 0 spiro atoms. The lowest BCUT2D eigenvalue weighted by Gasteiger charge is -2.43. The van der Waals surface area contributed by atoms with Crippen molar-refractivity contribution in [2.75, 3.05) is 13.7 Å². The molecule has 1 aromatic heterocycles. The van der Waals surface area contributed by atoms with Crippen LogP contribution in [0.15, 0.2) is 18.3 Å². The SMILES string of the molecule is COc1cc(C)c2c(ccn2C(=O)OC(C)(C)C)c1CN1CCCCC1C1CCC(C(=O)O)CC1. The minimum atomic E-state index is -0.648. The van der Waals surface area contributed by atoms with Gasteiger partial charge in [-0.25, -0.2) is 4.79 Å². The Morgan fingerprint density at radius 2 is 1.83 bits per heavy atom. The van der Waals surface area contributed by atoms with E-state index in [4.69, 9.17) is 9.47 Å². The molecule has 35 heavy (non-hydrogen) atoms. The Morgan fingerprint density at radius 3 is 2.46 bits per heavy atom. The number of hydrogen-bond acceptors (Lipinski definition) is 5. The third-order valence-electron chi connectivity index (χ3n) is 7.73. The average molecular weight is 485 g/mol. The van der Waals surface area contributed by atoms with Crippen LogP contribution in [0, 0.1) is 18.8 Å². The van der Waals surface area contributed by atoms with E-state index >= 15 is 0 Å². The topological polar surface area (TPSA) is 81.0 Å². The van der Waals surface area contributed by atoms with Crippen LogP contribution in [0.5, 0.6) is 5.75 Å². The van der Waals surface area contributed by atoms with E-state index in [0.717, 1.165) is 79.4 Å². The summed E-state index contributed by atoms with van der Waals surface area (Å²) in [6.45, 7) is 9.39. The molecule has 1 N–H and O–H groups in total. The number of ether oxygens (including phenoxy) is 2. The van der Waals surface area contributed by atoms with E-state index in [1.165, 1.54) is 6.42 Å². The van der Waals surface area contributed by atoms with Crippen molar-refractivity contribution in [3.63, 3.8) is 0 Å². The van der Waals surface area contributed by atoms with Gasteiger partial charge in [-0.3, -0.25) is 14.3 Å². The summed E-state index contributed by atoms with van der Waals surface area (Å²) in [4.78, 5) is 26.9. The van der Waals surface area contributed by atoms with Gasteiger partial charge in [0.25, 0.3) is 0 Å². The number of carbonyl (C=O) groups excluding carboxylic acids is 1. The van der Waals surface area contributed by atoms with Gasteiger partial charge in [0, 0.05) is 29.7 Å². The van der Waals surface area contributed by atoms with Crippen molar-refractivity contribution < 1.29 is 24.2 Å². The Balaban J connectivity index is 1.64. The smallest absolute Gasteiger partial charge is 0.419 e. The van der Waals surface area contributed by atoms with Crippen LogP contribution in [0.4, 0.5) is 4.79 Å². The molecule has 2 heterocycles. The molecule has 1 unspecified atom stereocenters. The quantitative estimate of drug-likeness (QED) is 0.562. The Labute approximate surface area is 208 Å². The summed E-state index contributed by atoms with van der Waals surface area (Å²) < 4.78 is 13.1. The number of carboxylic acid groups (broad SMARTS) is 1. The number of benzene rings is 1. The highest BCUT2D eigenvalue weighted by atomic mass is 16.6. The van der Waals surface area contributed by atoms with Gasteiger partial charge in [0.05, 0.1) is 18.5 Å². The minimum absolute atomic E-state index is 0.187. The standard InChI is InChI=1S/C28H40N2O5/c1-18-16-24(34-5)22(21-13-15-30(25(18)21)27(33)35-28(2,3)4)17-29-14-7-6-8-23(29)19-9-11-20(12-10-19)26(31)32/h13,15-16,19-20,23H,6-12,14,17H2,1-5H3,(H,31,32). The molecule has 1 saturated carbocycles.